The molecule has 0 heterocycles. The van der Waals surface area contributed by atoms with Crippen LogP contribution in [-0.4, -0.2) is 12.9 Å². The molecule has 0 bridgehead atoms. The zero-order valence-corrected chi connectivity index (χ0v) is 10.4. The Labute approximate surface area is 109 Å². The van der Waals surface area contributed by atoms with Crippen molar-refractivity contribution < 1.29 is 13.9 Å². The molecule has 2 aromatic rings. The van der Waals surface area contributed by atoms with E-state index in [0.29, 0.717) is 16.3 Å². The molecule has 2 nitrogen and oxygen atoms in total. The topological polar surface area (TPSA) is 26.3 Å². The molecule has 2 aromatic carbocycles. The van der Waals surface area contributed by atoms with Gasteiger partial charge in [0.05, 0.1) is 12.7 Å². The van der Waals surface area contributed by atoms with Crippen LogP contribution in [0.25, 0.3) is 0 Å². The van der Waals surface area contributed by atoms with Crippen molar-refractivity contribution in [3.63, 3.8) is 0 Å². The first-order valence-corrected chi connectivity index (χ1v) is 5.63. The minimum atomic E-state index is -0.485. The van der Waals surface area contributed by atoms with E-state index in [1.165, 1.54) is 25.3 Å². The predicted molar refractivity (Wildman–Crippen MR) is 67.8 cm³/mol. The van der Waals surface area contributed by atoms with Gasteiger partial charge in [0, 0.05) is 10.6 Å². The van der Waals surface area contributed by atoms with Crippen molar-refractivity contribution in [2.75, 3.05) is 7.11 Å². The summed E-state index contributed by atoms with van der Waals surface area (Å²) in [5.74, 6) is -0.476. The van der Waals surface area contributed by atoms with Gasteiger partial charge in [-0.25, -0.2) is 4.39 Å². The number of halogens is 2. The van der Waals surface area contributed by atoms with Gasteiger partial charge >= 0.3 is 0 Å². The van der Waals surface area contributed by atoms with Crippen LogP contribution in [0.2, 0.25) is 5.02 Å². The van der Waals surface area contributed by atoms with Crippen LogP contribution >= 0.6 is 11.6 Å². The minimum Gasteiger partial charge on any atom is -0.496 e. The number of carbonyl (C=O) groups is 1. The van der Waals surface area contributed by atoms with Crippen molar-refractivity contribution in [2.45, 2.75) is 0 Å². The Morgan fingerprint density at radius 1 is 1.22 bits per heavy atom. The van der Waals surface area contributed by atoms with E-state index < -0.39 is 5.82 Å². The lowest BCUT2D eigenvalue weighted by atomic mass is 10.0. The van der Waals surface area contributed by atoms with Gasteiger partial charge in [0.2, 0.25) is 0 Å². The Balaban J connectivity index is 2.48. The number of methoxy groups -OCH3 is 1. The van der Waals surface area contributed by atoms with Crippen molar-refractivity contribution in [1.82, 2.24) is 0 Å². The fraction of sp³-hybridized carbons (Fsp3) is 0.0714. The molecule has 0 saturated carbocycles. The van der Waals surface area contributed by atoms with Gasteiger partial charge in [-0.15, -0.1) is 0 Å². The standard InChI is InChI=1S/C14H10ClFO2/c1-18-13-6-5-11(16)8-12(13)14(17)9-3-2-4-10(15)7-9/h2-8H,1H3. The summed E-state index contributed by atoms with van der Waals surface area (Å²) in [5, 5.41) is 0.455. The zero-order valence-electron chi connectivity index (χ0n) is 9.61. The fourth-order valence-electron chi connectivity index (χ4n) is 1.64. The molecule has 2 rings (SSSR count). The number of carbonyl (C=O) groups excluding carboxylic acids is 1. The summed E-state index contributed by atoms with van der Waals surface area (Å²) in [5.41, 5.74) is 0.575. The van der Waals surface area contributed by atoms with Gasteiger partial charge in [-0.05, 0) is 30.3 Å². The molecule has 0 radical (unpaired) electrons. The Bertz CT molecular complexity index is 596. The highest BCUT2D eigenvalue weighted by Crippen LogP contribution is 2.23. The van der Waals surface area contributed by atoms with Gasteiger partial charge in [-0.3, -0.25) is 4.79 Å². The maximum atomic E-state index is 13.2. The van der Waals surface area contributed by atoms with Crippen molar-refractivity contribution in [3.8, 4) is 5.75 Å². The normalized spacial score (nSPS) is 10.2. The molecule has 0 N–H and O–H groups in total. The molecule has 18 heavy (non-hydrogen) atoms. The Kier molecular flexibility index (Phi) is 3.63. The van der Waals surface area contributed by atoms with Crippen molar-refractivity contribution in [1.29, 1.82) is 0 Å². The van der Waals surface area contributed by atoms with E-state index >= 15 is 0 Å². The van der Waals surface area contributed by atoms with Gasteiger partial charge in [0.1, 0.15) is 11.6 Å². The van der Waals surface area contributed by atoms with Crippen LogP contribution in [-0.2, 0) is 0 Å². The second kappa shape index (κ2) is 5.19. The van der Waals surface area contributed by atoms with E-state index in [2.05, 4.69) is 0 Å². The van der Waals surface area contributed by atoms with Crippen LogP contribution < -0.4 is 4.74 Å². The first kappa shape index (κ1) is 12.6. The molecule has 92 valence electrons. The fourth-order valence-corrected chi connectivity index (χ4v) is 1.83. The maximum absolute atomic E-state index is 13.2. The highest BCUT2D eigenvalue weighted by molar-refractivity contribution is 6.31. The zero-order chi connectivity index (χ0) is 13.1. The highest BCUT2D eigenvalue weighted by Gasteiger charge is 2.15. The number of benzene rings is 2. The van der Waals surface area contributed by atoms with Gasteiger partial charge in [-0.1, -0.05) is 23.7 Å². The number of ketones is 1. The third kappa shape index (κ3) is 2.51. The molecule has 0 unspecified atom stereocenters. The summed E-state index contributed by atoms with van der Waals surface area (Å²) >= 11 is 5.82. The summed E-state index contributed by atoms with van der Waals surface area (Å²) in [6.45, 7) is 0. The summed E-state index contributed by atoms with van der Waals surface area (Å²) in [4.78, 5) is 12.2. The largest absolute Gasteiger partial charge is 0.496 e. The summed E-state index contributed by atoms with van der Waals surface area (Å²) in [6.07, 6.45) is 0. The molecule has 0 aliphatic heterocycles. The quantitative estimate of drug-likeness (QED) is 0.790. The molecular weight excluding hydrogens is 255 g/mol. The first-order valence-electron chi connectivity index (χ1n) is 5.25. The SMILES string of the molecule is COc1ccc(F)cc1C(=O)c1cccc(Cl)c1. The van der Waals surface area contributed by atoms with Crippen molar-refractivity contribution >= 4 is 17.4 Å². The highest BCUT2D eigenvalue weighted by atomic mass is 35.5. The maximum Gasteiger partial charge on any atom is 0.196 e. The lowest BCUT2D eigenvalue weighted by molar-refractivity contribution is 0.103. The monoisotopic (exact) mass is 264 g/mol. The number of hydrogen-bond donors (Lipinski definition) is 0. The Morgan fingerprint density at radius 2 is 2.00 bits per heavy atom. The van der Waals surface area contributed by atoms with Crippen molar-refractivity contribution in [2.24, 2.45) is 0 Å². The molecule has 4 heteroatoms. The van der Waals surface area contributed by atoms with E-state index in [9.17, 15) is 9.18 Å². The summed E-state index contributed by atoms with van der Waals surface area (Å²) in [7, 11) is 1.43. The molecule has 0 aromatic heterocycles. The second-order valence-electron chi connectivity index (χ2n) is 3.68. The van der Waals surface area contributed by atoms with Gasteiger partial charge in [0.15, 0.2) is 5.78 Å². The third-order valence-corrected chi connectivity index (χ3v) is 2.73. The summed E-state index contributed by atoms with van der Waals surface area (Å²) in [6, 6.07) is 10.3. The molecular formula is C14H10ClFO2. The Hall–Kier alpha value is -1.87. The number of ether oxygens (including phenoxy) is 1. The second-order valence-corrected chi connectivity index (χ2v) is 4.12. The molecule has 0 spiro atoms. The third-order valence-electron chi connectivity index (χ3n) is 2.49. The van der Waals surface area contributed by atoms with E-state index in [1.807, 2.05) is 0 Å². The van der Waals surface area contributed by atoms with Crippen LogP contribution in [0.3, 0.4) is 0 Å². The lowest BCUT2D eigenvalue weighted by Crippen LogP contribution is -2.04. The molecule has 0 fully saturated rings. The van der Waals surface area contributed by atoms with Crippen LogP contribution in [0.5, 0.6) is 5.75 Å². The number of hydrogen-bond acceptors (Lipinski definition) is 2. The van der Waals surface area contributed by atoms with Crippen LogP contribution in [0, 0.1) is 5.82 Å². The Morgan fingerprint density at radius 3 is 2.67 bits per heavy atom. The van der Waals surface area contributed by atoms with E-state index in [1.54, 1.807) is 18.2 Å². The predicted octanol–water partition coefficient (Wildman–Crippen LogP) is 3.72. The van der Waals surface area contributed by atoms with E-state index in [-0.39, 0.29) is 11.3 Å². The van der Waals surface area contributed by atoms with Crippen LogP contribution in [0.1, 0.15) is 15.9 Å². The van der Waals surface area contributed by atoms with E-state index in [4.69, 9.17) is 16.3 Å². The first-order chi connectivity index (χ1) is 8.61. The van der Waals surface area contributed by atoms with Crippen molar-refractivity contribution in [3.05, 3.63) is 64.4 Å². The smallest absolute Gasteiger partial charge is 0.196 e. The summed E-state index contributed by atoms with van der Waals surface area (Å²) < 4.78 is 18.3. The van der Waals surface area contributed by atoms with E-state index in [0.717, 1.165) is 6.07 Å². The molecule has 0 saturated heterocycles. The average molecular weight is 265 g/mol. The molecule has 0 aliphatic carbocycles. The van der Waals surface area contributed by atoms with Gasteiger partial charge < -0.3 is 4.74 Å². The van der Waals surface area contributed by atoms with Gasteiger partial charge in [-0.2, -0.15) is 0 Å². The molecule has 0 aliphatic rings. The molecule has 0 atom stereocenters. The lowest BCUT2D eigenvalue weighted by Gasteiger charge is -2.07. The molecule has 0 amide bonds. The average Bonchev–Trinajstić information content (AvgIpc) is 2.38. The minimum absolute atomic E-state index is 0.180. The number of rotatable bonds is 3. The van der Waals surface area contributed by atoms with Gasteiger partial charge in [0.25, 0.3) is 0 Å². The van der Waals surface area contributed by atoms with Crippen LogP contribution in [0.15, 0.2) is 42.5 Å². The van der Waals surface area contributed by atoms with Crippen LogP contribution in [0.4, 0.5) is 4.39 Å².